The highest BCUT2D eigenvalue weighted by Gasteiger charge is 2.47. The average Bonchev–Trinajstić information content (AvgIpc) is 3.28. The Labute approximate surface area is 232 Å². The molecule has 190 valence electrons. The van der Waals surface area contributed by atoms with Gasteiger partial charge in [-0.1, -0.05) is 141 Å². The highest BCUT2D eigenvalue weighted by Crippen LogP contribution is 2.56. The van der Waals surface area contributed by atoms with E-state index < -0.39 is 5.41 Å². The zero-order valence-electron chi connectivity index (χ0n) is 22.3. The van der Waals surface area contributed by atoms with Gasteiger partial charge in [0.1, 0.15) is 0 Å². The van der Waals surface area contributed by atoms with Crippen LogP contribution in [0.5, 0.6) is 0 Å². The third-order valence-corrected chi connectivity index (χ3v) is 7.42. The van der Waals surface area contributed by atoms with Gasteiger partial charge in [-0.25, -0.2) is 0 Å². The van der Waals surface area contributed by atoms with E-state index in [1.54, 1.807) is 6.20 Å². The highest BCUT2D eigenvalue weighted by molar-refractivity contribution is 5.97. The monoisotopic (exact) mass is 503 g/mol. The van der Waals surface area contributed by atoms with Gasteiger partial charge in [0.05, 0.1) is 5.41 Å². The highest BCUT2D eigenvalue weighted by atomic mass is 14.5. The molecule has 1 aliphatic rings. The van der Waals surface area contributed by atoms with Crippen molar-refractivity contribution in [1.82, 2.24) is 0 Å². The van der Waals surface area contributed by atoms with Crippen molar-refractivity contribution in [1.29, 1.82) is 0 Å². The first-order valence-corrected chi connectivity index (χ1v) is 13.2. The Balaban J connectivity index is 1.79. The van der Waals surface area contributed by atoms with E-state index in [9.17, 15) is 0 Å². The molecule has 0 bridgehead atoms. The number of hydrogen-bond acceptors (Lipinski definition) is 1. The molecule has 0 aromatic heterocycles. The lowest BCUT2D eigenvalue weighted by atomic mass is 9.66. The minimum atomic E-state index is -0.553. The van der Waals surface area contributed by atoms with Crippen molar-refractivity contribution in [2.24, 2.45) is 5.73 Å². The molecule has 5 rings (SSSR count). The Bertz CT molecular complexity index is 1570. The fraction of sp³-hybridized carbons (Fsp3) is 0.0526. The third kappa shape index (κ3) is 4.53. The van der Waals surface area contributed by atoms with Gasteiger partial charge in [-0.05, 0) is 81.0 Å². The number of hydrogen-bond donors (Lipinski definition) is 1. The molecule has 0 amide bonds. The Hall–Kier alpha value is -4.88. The molecule has 4 aromatic carbocycles. The van der Waals surface area contributed by atoms with Gasteiger partial charge >= 0.3 is 0 Å². The lowest BCUT2D eigenvalue weighted by Crippen LogP contribution is -2.29. The molecule has 39 heavy (non-hydrogen) atoms. The van der Waals surface area contributed by atoms with Gasteiger partial charge in [0.15, 0.2) is 0 Å². The quantitative estimate of drug-likeness (QED) is 0.239. The minimum Gasteiger partial charge on any atom is -0.405 e. The smallest absolute Gasteiger partial charge is 0.0714 e. The van der Waals surface area contributed by atoms with Gasteiger partial charge in [0.2, 0.25) is 0 Å². The molecule has 0 saturated heterocycles. The van der Waals surface area contributed by atoms with Crippen LogP contribution in [0, 0.1) is 0 Å². The molecular formula is C38H33N. The van der Waals surface area contributed by atoms with Gasteiger partial charge in [-0.15, -0.1) is 0 Å². The first-order chi connectivity index (χ1) is 19.1. The van der Waals surface area contributed by atoms with Crippen molar-refractivity contribution in [3.8, 4) is 0 Å². The van der Waals surface area contributed by atoms with Crippen LogP contribution in [0.4, 0.5) is 0 Å². The predicted molar refractivity (Wildman–Crippen MR) is 167 cm³/mol. The average molecular weight is 504 g/mol. The van der Waals surface area contributed by atoms with Gasteiger partial charge in [-0.2, -0.15) is 0 Å². The molecule has 0 fully saturated rings. The minimum absolute atomic E-state index is 0.553. The van der Waals surface area contributed by atoms with Crippen molar-refractivity contribution in [3.63, 3.8) is 0 Å². The van der Waals surface area contributed by atoms with Gasteiger partial charge in [-0.3, -0.25) is 0 Å². The normalized spacial score (nSPS) is 14.6. The summed E-state index contributed by atoms with van der Waals surface area (Å²) in [7, 11) is 0. The van der Waals surface area contributed by atoms with Crippen molar-refractivity contribution >= 4 is 11.1 Å². The first kappa shape index (κ1) is 25.8. The van der Waals surface area contributed by atoms with Crippen LogP contribution < -0.4 is 5.73 Å². The van der Waals surface area contributed by atoms with Crippen molar-refractivity contribution in [3.05, 3.63) is 203 Å². The SMILES string of the molecule is C=C(/C=C(\C=C/C)c1ccccc1)C(=C)C1=C(/C=C\N)C(c2ccccc2)(c2ccccc2)c2ccccc21. The van der Waals surface area contributed by atoms with Gasteiger partial charge < -0.3 is 5.73 Å². The maximum atomic E-state index is 6.17. The molecule has 0 spiro atoms. The number of nitrogens with two attached hydrogens (primary N) is 1. The van der Waals surface area contributed by atoms with E-state index in [0.29, 0.717) is 0 Å². The maximum Gasteiger partial charge on any atom is 0.0714 e. The third-order valence-electron chi connectivity index (χ3n) is 7.42. The summed E-state index contributed by atoms with van der Waals surface area (Å²) in [6.45, 7) is 11.2. The van der Waals surface area contributed by atoms with E-state index >= 15 is 0 Å². The second-order valence-electron chi connectivity index (χ2n) is 9.64. The standard InChI is InChI=1S/C38H33N/c1-4-16-31(30-17-8-5-9-18-30)27-28(2)29(3)37-34-23-14-15-24-35(34)38(36(37)25-26-39,32-19-10-6-11-20-32)33-21-12-7-13-22-33/h4-27H,2-3,39H2,1H3/b16-4-,26-25-,31-27+. The van der Waals surface area contributed by atoms with Crippen LogP contribution in [-0.4, -0.2) is 0 Å². The lowest BCUT2D eigenvalue weighted by Gasteiger charge is -2.34. The molecule has 0 aliphatic heterocycles. The van der Waals surface area contributed by atoms with E-state index in [0.717, 1.165) is 39.0 Å². The Morgan fingerprint density at radius 2 is 1.26 bits per heavy atom. The zero-order valence-corrected chi connectivity index (χ0v) is 22.3. The summed E-state index contributed by atoms with van der Waals surface area (Å²) in [6, 6.07) is 40.3. The van der Waals surface area contributed by atoms with Crippen LogP contribution in [-0.2, 0) is 5.41 Å². The predicted octanol–water partition coefficient (Wildman–Crippen LogP) is 9.03. The number of benzene rings is 4. The second-order valence-corrected chi connectivity index (χ2v) is 9.64. The maximum absolute atomic E-state index is 6.17. The Kier molecular flexibility index (Phi) is 7.43. The van der Waals surface area contributed by atoms with Crippen LogP contribution in [0.25, 0.3) is 11.1 Å². The molecule has 1 aliphatic carbocycles. The van der Waals surface area contributed by atoms with Crippen molar-refractivity contribution < 1.29 is 0 Å². The molecule has 0 atom stereocenters. The lowest BCUT2D eigenvalue weighted by molar-refractivity contribution is 0.761. The number of allylic oxidation sites excluding steroid dienone is 9. The van der Waals surface area contributed by atoms with E-state index in [1.807, 2.05) is 19.1 Å². The van der Waals surface area contributed by atoms with Crippen LogP contribution in [0.15, 0.2) is 176 Å². The summed E-state index contributed by atoms with van der Waals surface area (Å²) < 4.78 is 0. The summed E-state index contributed by atoms with van der Waals surface area (Å²) in [5.74, 6) is 0. The molecule has 0 radical (unpaired) electrons. The first-order valence-electron chi connectivity index (χ1n) is 13.2. The van der Waals surface area contributed by atoms with E-state index in [1.165, 1.54) is 16.7 Å². The number of rotatable bonds is 8. The summed E-state index contributed by atoms with van der Waals surface area (Å²) in [4.78, 5) is 0. The molecule has 4 aromatic rings. The molecule has 1 nitrogen and oxygen atoms in total. The van der Waals surface area contributed by atoms with Gasteiger partial charge in [0.25, 0.3) is 0 Å². The number of fused-ring (bicyclic) bond motifs is 1. The topological polar surface area (TPSA) is 26.0 Å². The van der Waals surface area contributed by atoms with Crippen molar-refractivity contribution in [2.75, 3.05) is 0 Å². The van der Waals surface area contributed by atoms with Gasteiger partial charge in [0, 0.05) is 0 Å². The summed E-state index contributed by atoms with van der Waals surface area (Å²) in [6.07, 6.45) is 9.98. The van der Waals surface area contributed by atoms with Crippen LogP contribution in [0.1, 0.15) is 34.7 Å². The largest absolute Gasteiger partial charge is 0.405 e. The molecule has 1 heteroatoms. The molecular weight excluding hydrogens is 470 g/mol. The summed E-state index contributed by atoms with van der Waals surface area (Å²) in [5.41, 5.74) is 16.4. The zero-order chi connectivity index (χ0) is 27.2. The molecule has 0 unspecified atom stereocenters. The van der Waals surface area contributed by atoms with Crippen LogP contribution >= 0.6 is 0 Å². The Morgan fingerprint density at radius 1 is 0.718 bits per heavy atom. The molecule has 0 heterocycles. The second kappa shape index (κ2) is 11.2. The molecule has 0 saturated carbocycles. The fourth-order valence-corrected chi connectivity index (χ4v) is 5.77. The Morgan fingerprint density at radius 3 is 1.82 bits per heavy atom. The summed E-state index contributed by atoms with van der Waals surface area (Å²) in [5, 5.41) is 0. The summed E-state index contributed by atoms with van der Waals surface area (Å²) >= 11 is 0. The van der Waals surface area contributed by atoms with E-state index in [4.69, 9.17) is 5.73 Å². The van der Waals surface area contributed by atoms with Crippen LogP contribution in [0.3, 0.4) is 0 Å². The van der Waals surface area contributed by atoms with E-state index in [-0.39, 0.29) is 0 Å². The molecule has 2 N–H and O–H groups in total. The van der Waals surface area contributed by atoms with Crippen LogP contribution in [0.2, 0.25) is 0 Å². The fourth-order valence-electron chi connectivity index (χ4n) is 5.77. The van der Waals surface area contributed by atoms with Crippen molar-refractivity contribution in [2.45, 2.75) is 12.3 Å². The van der Waals surface area contributed by atoms with E-state index in [2.05, 4.69) is 141 Å².